The molecule has 16 heavy (non-hydrogen) atoms. The van der Waals surface area contributed by atoms with Gasteiger partial charge in [-0.1, -0.05) is 12.1 Å². The second-order valence-corrected chi connectivity index (χ2v) is 6.15. The zero-order valence-corrected chi connectivity index (χ0v) is 9.91. The monoisotopic (exact) mass is 240 g/mol. The summed E-state index contributed by atoms with van der Waals surface area (Å²) in [5, 5.41) is 0. The Kier molecular flexibility index (Phi) is 3.16. The maximum Gasteiger partial charge on any atom is 0.214 e. The standard InChI is InChI=1S/C11H16N2O2S/c12-11-4-1-3-10(9-11)5-7-13-6-2-8-16(13,14)15/h1,3-4,9H,2,5-8,12H2. The van der Waals surface area contributed by atoms with Crippen LogP contribution in [0.2, 0.25) is 0 Å². The molecule has 0 aromatic heterocycles. The minimum Gasteiger partial charge on any atom is -0.399 e. The topological polar surface area (TPSA) is 63.4 Å². The average Bonchev–Trinajstić information content (AvgIpc) is 2.55. The van der Waals surface area contributed by atoms with Crippen LogP contribution in [0.5, 0.6) is 0 Å². The molecule has 0 radical (unpaired) electrons. The molecule has 1 aromatic rings. The summed E-state index contributed by atoms with van der Waals surface area (Å²) in [6.07, 6.45) is 1.48. The minimum absolute atomic E-state index is 0.296. The van der Waals surface area contributed by atoms with Gasteiger partial charge in [0.2, 0.25) is 10.0 Å². The lowest BCUT2D eigenvalue weighted by Gasteiger charge is -2.13. The van der Waals surface area contributed by atoms with Crippen LogP contribution in [0.1, 0.15) is 12.0 Å². The summed E-state index contributed by atoms with van der Waals surface area (Å²) in [5.41, 5.74) is 7.47. The van der Waals surface area contributed by atoms with Crippen molar-refractivity contribution in [3.05, 3.63) is 29.8 Å². The summed E-state index contributed by atoms with van der Waals surface area (Å²) in [7, 11) is -2.97. The lowest BCUT2D eigenvalue weighted by atomic mass is 10.1. The highest BCUT2D eigenvalue weighted by Gasteiger charge is 2.27. The van der Waals surface area contributed by atoms with E-state index in [1.54, 1.807) is 4.31 Å². The van der Waals surface area contributed by atoms with E-state index in [4.69, 9.17) is 5.73 Å². The summed E-state index contributed by atoms with van der Waals surface area (Å²) >= 11 is 0. The second kappa shape index (κ2) is 4.43. The molecule has 1 saturated heterocycles. The minimum atomic E-state index is -2.97. The zero-order valence-electron chi connectivity index (χ0n) is 9.09. The highest BCUT2D eigenvalue weighted by molar-refractivity contribution is 7.89. The summed E-state index contributed by atoms with van der Waals surface area (Å²) in [4.78, 5) is 0. The van der Waals surface area contributed by atoms with E-state index in [-0.39, 0.29) is 0 Å². The predicted molar refractivity (Wildman–Crippen MR) is 64.5 cm³/mol. The van der Waals surface area contributed by atoms with Gasteiger partial charge in [0.15, 0.2) is 0 Å². The van der Waals surface area contributed by atoms with E-state index in [1.807, 2.05) is 24.3 Å². The second-order valence-electron chi connectivity index (χ2n) is 4.06. The largest absolute Gasteiger partial charge is 0.399 e. The molecule has 4 nitrogen and oxygen atoms in total. The van der Waals surface area contributed by atoms with E-state index in [0.717, 1.165) is 24.1 Å². The van der Waals surface area contributed by atoms with E-state index in [0.29, 0.717) is 18.8 Å². The molecular formula is C11H16N2O2S. The third-order valence-electron chi connectivity index (χ3n) is 2.80. The van der Waals surface area contributed by atoms with Crippen molar-refractivity contribution >= 4 is 15.7 Å². The third kappa shape index (κ3) is 2.54. The molecule has 2 N–H and O–H groups in total. The maximum atomic E-state index is 11.6. The van der Waals surface area contributed by atoms with Crippen molar-refractivity contribution in [2.75, 3.05) is 24.6 Å². The number of hydrogen-bond acceptors (Lipinski definition) is 3. The quantitative estimate of drug-likeness (QED) is 0.797. The predicted octanol–water partition coefficient (Wildman–Crippen LogP) is 0.847. The van der Waals surface area contributed by atoms with Gasteiger partial charge in [-0.25, -0.2) is 12.7 Å². The number of nitrogens with two attached hydrogens (primary N) is 1. The average molecular weight is 240 g/mol. The van der Waals surface area contributed by atoms with Gasteiger partial charge in [-0.3, -0.25) is 0 Å². The molecule has 0 unspecified atom stereocenters. The SMILES string of the molecule is Nc1cccc(CCN2CCCS2(=O)=O)c1. The number of rotatable bonds is 3. The van der Waals surface area contributed by atoms with Gasteiger partial charge in [0.25, 0.3) is 0 Å². The van der Waals surface area contributed by atoms with E-state index < -0.39 is 10.0 Å². The summed E-state index contributed by atoms with van der Waals surface area (Å²) in [5.74, 6) is 0.296. The van der Waals surface area contributed by atoms with Crippen LogP contribution in [0.3, 0.4) is 0 Å². The first-order valence-corrected chi connectivity index (χ1v) is 7.01. The fourth-order valence-electron chi connectivity index (χ4n) is 1.94. The number of sulfonamides is 1. The van der Waals surface area contributed by atoms with E-state index in [9.17, 15) is 8.42 Å². The molecular weight excluding hydrogens is 224 g/mol. The Morgan fingerprint density at radius 3 is 2.81 bits per heavy atom. The Balaban J connectivity index is 1.98. The Morgan fingerprint density at radius 2 is 2.19 bits per heavy atom. The first kappa shape index (κ1) is 11.4. The van der Waals surface area contributed by atoms with Crippen molar-refractivity contribution in [2.45, 2.75) is 12.8 Å². The van der Waals surface area contributed by atoms with Crippen LogP contribution in [0.25, 0.3) is 0 Å². The van der Waals surface area contributed by atoms with Crippen LogP contribution in [0.4, 0.5) is 5.69 Å². The molecule has 0 aliphatic carbocycles. The Hall–Kier alpha value is -1.07. The van der Waals surface area contributed by atoms with Gasteiger partial charge in [0.05, 0.1) is 5.75 Å². The van der Waals surface area contributed by atoms with Crippen LogP contribution in [0.15, 0.2) is 24.3 Å². The summed E-state index contributed by atoms with van der Waals surface area (Å²) in [6.45, 7) is 1.22. The fourth-order valence-corrected chi connectivity index (χ4v) is 3.47. The normalized spacial score (nSPS) is 20.0. The molecule has 5 heteroatoms. The zero-order chi connectivity index (χ0) is 11.6. The number of benzene rings is 1. The molecule has 1 heterocycles. The Bertz CT molecular complexity index is 471. The Morgan fingerprint density at radius 1 is 1.38 bits per heavy atom. The van der Waals surface area contributed by atoms with Gasteiger partial charge in [-0.2, -0.15) is 0 Å². The highest BCUT2D eigenvalue weighted by Crippen LogP contribution is 2.15. The van der Waals surface area contributed by atoms with Gasteiger partial charge in [-0.15, -0.1) is 0 Å². The van der Waals surface area contributed by atoms with Crippen molar-refractivity contribution in [2.24, 2.45) is 0 Å². The lowest BCUT2D eigenvalue weighted by Crippen LogP contribution is -2.27. The van der Waals surface area contributed by atoms with Gasteiger partial charge in [0, 0.05) is 18.8 Å². The molecule has 0 bridgehead atoms. The van der Waals surface area contributed by atoms with E-state index in [1.165, 1.54) is 0 Å². The molecule has 0 atom stereocenters. The van der Waals surface area contributed by atoms with Crippen molar-refractivity contribution in [3.63, 3.8) is 0 Å². The maximum absolute atomic E-state index is 11.6. The number of nitrogens with zero attached hydrogens (tertiary/aromatic N) is 1. The van der Waals surface area contributed by atoms with Crippen LogP contribution in [0, 0.1) is 0 Å². The third-order valence-corrected chi connectivity index (χ3v) is 4.76. The van der Waals surface area contributed by atoms with E-state index >= 15 is 0 Å². The lowest BCUT2D eigenvalue weighted by molar-refractivity contribution is 0.447. The molecule has 1 aliphatic heterocycles. The number of anilines is 1. The molecule has 1 fully saturated rings. The number of nitrogen functional groups attached to an aromatic ring is 1. The molecule has 0 spiro atoms. The first-order chi connectivity index (χ1) is 7.58. The summed E-state index contributed by atoms with van der Waals surface area (Å²) < 4.78 is 24.7. The molecule has 1 aromatic carbocycles. The smallest absolute Gasteiger partial charge is 0.214 e. The van der Waals surface area contributed by atoms with Gasteiger partial charge < -0.3 is 5.73 Å². The Labute approximate surface area is 96.1 Å². The van der Waals surface area contributed by atoms with Gasteiger partial charge in [0.1, 0.15) is 0 Å². The molecule has 0 amide bonds. The van der Waals surface area contributed by atoms with Crippen LogP contribution < -0.4 is 5.73 Å². The van der Waals surface area contributed by atoms with E-state index in [2.05, 4.69) is 0 Å². The van der Waals surface area contributed by atoms with Crippen LogP contribution in [-0.2, 0) is 16.4 Å². The first-order valence-electron chi connectivity index (χ1n) is 5.40. The molecule has 2 rings (SSSR count). The van der Waals surface area contributed by atoms with Crippen LogP contribution in [-0.4, -0.2) is 31.6 Å². The van der Waals surface area contributed by atoms with Crippen molar-refractivity contribution < 1.29 is 8.42 Å². The summed E-state index contributed by atoms with van der Waals surface area (Å²) in [6, 6.07) is 7.58. The number of hydrogen-bond donors (Lipinski definition) is 1. The van der Waals surface area contributed by atoms with Crippen molar-refractivity contribution in [1.29, 1.82) is 0 Å². The van der Waals surface area contributed by atoms with Gasteiger partial charge in [-0.05, 0) is 30.5 Å². The van der Waals surface area contributed by atoms with Crippen LogP contribution >= 0.6 is 0 Å². The van der Waals surface area contributed by atoms with Crippen molar-refractivity contribution in [1.82, 2.24) is 4.31 Å². The molecule has 1 aliphatic rings. The van der Waals surface area contributed by atoms with Gasteiger partial charge >= 0.3 is 0 Å². The van der Waals surface area contributed by atoms with Crippen molar-refractivity contribution in [3.8, 4) is 0 Å². The molecule has 88 valence electrons. The highest BCUT2D eigenvalue weighted by atomic mass is 32.2. The molecule has 0 saturated carbocycles. The fraction of sp³-hybridized carbons (Fsp3) is 0.455.